The van der Waals surface area contributed by atoms with Crippen molar-refractivity contribution in [3.05, 3.63) is 0 Å². The van der Waals surface area contributed by atoms with Gasteiger partial charge < -0.3 is 15.1 Å². The van der Waals surface area contributed by atoms with Gasteiger partial charge in [0.15, 0.2) is 0 Å². The molecule has 17 heavy (non-hydrogen) atoms. The topological polar surface area (TPSA) is 52.7 Å². The molecule has 2 rings (SSSR count). The molecule has 1 N–H and O–H groups in total. The minimum Gasteiger partial charge on any atom is -0.355 e. The molecule has 2 amide bonds. The highest BCUT2D eigenvalue weighted by Crippen LogP contribution is 2.16. The van der Waals surface area contributed by atoms with Crippen LogP contribution in [-0.2, 0) is 9.59 Å². The van der Waals surface area contributed by atoms with Crippen molar-refractivity contribution in [3.63, 3.8) is 0 Å². The molecule has 0 bridgehead atoms. The molecule has 2 aliphatic rings. The van der Waals surface area contributed by atoms with E-state index in [4.69, 9.17) is 0 Å². The van der Waals surface area contributed by atoms with Gasteiger partial charge in [0, 0.05) is 38.6 Å². The standard InChI is InChI=1S/C12H21N3O2/c1-9-8-15(6-5-14(9)2)12(17)10-3-4-11(16)13-7-10/h9-10H,3-8H2,1-2H3,(H,13,16). The number of hydrogen-bond donors (Lipinski definition) is 1. The highest BCUT2D eigenvalue weighted by atomic mass is 16.2. The number of carbonyl (C=O) groups excluding carboxylic acids is 2. The van der Waals surface area contributed by atoms with Gasteiger partial charge in [0.1, 0.15) is 0 Å². The van der Waals surface area contributed by atoms with E-state index in [1.165, 1.54) is 0 Å². The maximum absolute atomic E-state index is 12.3. The van der Waals surface area contributed by atoms with Crippen molar-refractivity contribution < 1.29 is 9.59 Å². The van der Waals surface area contributed by atoms with Crippen LogP contribution < -0.4 is 5.32 Å². The predicted octanol–water partition coefficient (Wildman–Crippen LogP) is -0.325. The van der Waals surface area contributed by atoms with Crippen LogP contribution in [0.2, 0.25) is 0 Å². The second-order valence-corrected chi connectivity index (χ2v) is 5.15. The molecule has 96 valence electrons. The number of rotatable bonds is 1. The number of carbonyl (C=O) groups is 2. The highest BCUT2D eigenvalue weighted by molar-refractivity contribution is 5.83. The van der Waals surface area contributed by atoms with Gasteiger partial charge >= 0.3 is 0 Å². The molecule has 2 aliphatic heterocycles. The minimum atomic E-state index is -0.0108. The summed E-state index contributed by atoms with van der Waals surface area (Å²) in [4.78, 5) is 27.5. The maximum atomic E-state index is 12.3. The van der Waals surface area contributed by atoms with Crippen molar-refractivity contribution in [3.8, 4) is 0 Å². The molecule has 0 saturated carbocycles. The Kier molecular flexibility index (Phi) is 3.66. The fraction of sp³-hybridized carbons (Fsp3) is 0.833. The first-order chi connectivity index (χ1) is 8.08. The number of piperidine rings is 1. The molecule has 0 aromatic heterocycles. The van der Waals surface area contributed by atoms with Crippen LogP contribution in [0, 0.1) is 5.92 Å². The van der Waals surface area contributed by atoms with Crippen LogP contribution in [0.5, 0.6) is 0 Å². The normalized spacial score (nSPS) is 31.2. The van der Waals surface area contributed by atoms with E-state index in [0.717, 1.165) is 19.6 Å². The number of nitrogens with one attached hydrogen (secondary N) is 1. The first-order valence-corrected chi connectivity index (χ1v) is 6.33. The van der Waals surface area contributed by atoms with Crippen molar-refractivity contribution in [2.24, 2.45) is 5.92 Å². The fourth-order valence-electron chi connectivity index (χ4n) is 2.45. The number of nitrogens with zero attached hydrogens (tertiary/aromatic N) is 2. The van der Waals surface area contributed by atoms with E-state index in [1.807, 2.05) is 4.90 Å². The molecule has 0 aliphatic carbocycles. The van der Waals surface area contributed by atoms with Crippen LogP contribution in [0.15, 0.2) is 0 Å². The molecule has 2 fully saturated rings. The summed E-state index contributed by atoms with van der Waals surface area (Å²) in [5, 5.41) is 2.78. The summed E-state index contributed by atoms with van der Waals surface area (Å²) < 4.78 is 0. The van der Waals surface area contributed by atoms with Gasteiger partial charge in [-0.2, -0.15) is 0 Å². The Labute approximate surface area is 102 Å². The van der Waals surface area contributed by atoms with Crippen LogP contribution in [0.4, 0.5) is 0 Å². The Morgan fingerprint density at radius 3 is 2.76 bits per heavy atom. The average molecular weight is 239 g/mol. The van der Waals surface area contributed by atoms with Crippen molar-refractivity contribution in [2.75, 3.05) is 33.2 Å². The third kappa shape index (κ3) is 2.77. The zero-order valence-corrected chi connectivity index (χ0v) is 10.6. The SMILES string of the molecule is CC1CN(C(=O)C2CCC(=O)NC2)CCN1C. The first kappa shape index (κ1) is 12.4. The van der Waals surface area contributed by atoms with Crippen LogP contribution in [0.1, 0.15) is 19.8 Å². The number of likely N-dealkylation sites (N-methyl/N-ethyl adjacent to an activating group) is 1. The van der Waals surface area contributed by atoms with Crippen molar-refractivity contribution in [1.29, 1.82) is 0 Å². The Morgan fingerprint density at radius 1 is 1.41 bits per heavy atom. The Balaban J connectivity index is 1.89. The van der Waals surface area contributed by atoms with Crippen LogP contribution >= 0.6 is 0 Å². The van der Waals surface area contributed by atoms with Gasteiger partial charge in [0.25, 0.3) is 0 Å². The molecule has 2 unspecified atom stereocenters. The lowest BCUT2D eigenvalue weighted by atomic mass is 9.97. The van der Waals surface area contributed by atoms with E-state index in [-0.39, 0.29) is 17.7 Å². The van der Waals surface area contributed by atoms with Gasteiger partial charge in [-0.1, -0.05) is 0 Å². The number of piperazine rings is 1. The van der Waals surface area contributed by atoms with Crippen LogP contribution in [0.3, 0.4) is 0 Å². The third-order valence-electron chi connectivity index (χ3n) is 3.89. The summed E-state index contributed by atoms with van der Waals surface area (Å²) in [5.74, 6) is 0.272. The number of amides is 2. The largest absolute Gasteiger partial charge is 0.355 e. The van der Waals surface area contributed by atoms with E-state index >= 15 is 0 Å². The molecule has 0 aromatic rings. The molecule has 5 nitrogen and oxygen atoms in total. The molecule has 0 spiro atoms. The van der Waals surface area contributed by atoms with E-state index < -0.39 is 0 Å². The molecule has 2 atom stereocenters. The van der Waals surface area contributed by atoms with Crippen LogP contribution in [0.25, 0.3) is 0 Å². The monoisotopic (exact) mass is 239 g/mol. The van der Waals surface area contributed by atoms with Gasteiger partial charge in [-0.05, 0) is 20.4 Å². The second kappa shape index (κ2) is 5.04. The molecule has 5 heteroatoms. The molecule has 2 saturated heterocycles. The lowest BCUT2D eigenvalue weighted by molar-refractivity contribution is -0.139. The maximum Gasteiger partial charge on any atom is 0.227 e. The van der Waals surface area contributed by atoms with Crippen molar-refractivity contribution in [1.82, 2.24) is 15.1 Å². The summed E-state index contributed by atoms with van der Waals surface area (Å²) in [5.41, 5.74) is 0. The van der Waals surface area contributed by atoms with E-state index in [1.54, 1.807) is 0 Å². The molecular weight excluding hydrogens is 218 g/mol. The summed E-state index contributed by atoms with van der Waals surface area (Å²) >= 11 is 0. The fourth-order valence-corrected chi connectivity index (χ4v) is 2.45. The molecular formula is C12H21N3O2. The van der Waals surface area contributed by atoms with Crippen molar-refractivity contribution in [2.45, 2.75) is 25.8 Å². The quantitative estimate of drug-likeness (QED) is 0.682. The summed E-state index contributed by atoms with van der Waals surface area (Å²) in [7, 11) is 2.09. The molecule has 0 radical (unpaired) electrons. The van der Waals surface area contributed by atoms with Gasteiger partial charge in [-0.25, -0.2) is 0 Å². The smallest absolute Gasteiger partial charge is 0.227 e. The Bertz CT molecular complexity index is 309. The first-order valence-electron chi connectivity index (χ1n) is 6.33. The zero-order chi connectivity index (χ0) is 12.4. The summed E-state index contributed by atoms with van der Waals surface area (Å²) in [6.45, 7) is 5.20. The molecule has 2 heterocycles. The Hall–Kier alpha value is -1.10. The third-order valence-corrected chi connectivity index (χ3v) is 3.89. The van der Waals surface area contributed by atoms with E-state index in [9.17, 15) is 9.59 Å². The number of hydrogen-bond acceptors (Lipinski definition) is 3. The lowest BCUT2D eigenvalue weighted by Crippen LogP contribution is -2.55. The van der Waals surface area contributed by atoms with E-state index in [0.29, 0.717) is 25.4 Å². The van der Waals surface area contributed by atoms with E-state index in [2.05, 4.69) is 24.2 Å². The summed E-state index contributed by atoms with van der Waals surface area (Å²) in [6, 6.07) is 0.422. The Morgan fingerprint density at radius 2 is 2.18 bits per heavy atom. The minimum absolute atomic E-state index is 0.0108. The second-order valence-electron chi connectivity index (χ2n) is 5.15. The highest BCUT2D eigenvalue weighted by Gasteiger charge is 2.31. The lowest BCUT2D eigenvalue weighted by Gasteiger charge is -2.39. The van der Waals surface area contributed by atoms with Gasteiger partial charge in [-0.15, -0.1) is 0 Å². The van der Waals surface area contributed by atoms with Gasteiger partial charge in [-0.3, -0.25) is 9.59 Å². The van der Waals surface area contributed by atoms with Crippen LogP contribution in [-0.4, -0.2) is 60.9 Å². The average Bonchev–Trinajstić information content (AvgIpc) is 2.33. The molecule has 0 aromatic carbocycles. The van der Waals surface area contributed by atoms with Gasteiger partial charge in [0.2, 0.25) is 11.8 Å². The van der Waals surface area contributed by atoms with Gasteiger partial charge in [0.05, 0.1) is 5.92 Å². The zero-order valence-electron chi connectivity index (χ0n) is 10.6. The predicted molar refractivity (Wildman–Crippen MR) is 64.4 cm³/mol. The summed E-state index contributed by atoms with van der Waals surface area (Å²) in [6.07, 6.45) is 1.19. The van der Waals surface area contributed by atoms with Crippen molar-refractivity contribution >= 4 is 11.8 Å².